The highest BCUT2D eigenvalue weighted by Gasteiger charge is 2.23. The predicted octanol–water partition coefficient (Wildman–Crippen LogP) is 1.72. The quantitative estimate of drug-likeness (QED) is 0.371. The van der Waals surface area contributed by atoms with Gasteiger partial charge < -0.3 is 4.74 Å². The molecule has 0 aromatic rings. The third-order valence-corrected chi connectivity index (χ3v) is 1.53. The molecule has 3 heteroatoms. The van der Waals surface area contributed by atoms with Gasteiger partial charge in [-0.25, -0.2) is 0 Å². The molecule has 0 radical (unpaired) electrons. The number of hydrogen-bond donors (Lipinski definition) is 0. The second kappa shape index (κ2) is 5.51. The van der Waals surface area contributed by atoms with Crippen LogP contribution in [0.25, 0.3) is 0 Å². The lowest BCUT2D eigenvalue weighted by Gasteiger charge is -2.13. The Kier molecular flexibility index (Phi) is 5.04. The zero-order valence-electron chi connectivity index (χ0n) is 8.37. The van der Waals surface area contributed by atoms with Crippen LogP contribution in [0.15, 0.2) is 12.7 Å². The normalized spacial score (nSPS) is 12.3. The highest BCUT2D eigenvalue weighted by Crippen LogP contribution is 2.09. The van der Waals surface area contributed by atoms with Crippen molar-refractivity contribution in [2.75, 3.05) is 0 Å². The van der Waals surface area contributed by atoms with Crippen molar-refractivity contribution in [1.82, 2.24) is 0 Å². The van der Waals surface area contributed by atoms with E-state index >= 15 is 0 Å². The second-order valence-corrected chi connectivity index (χ2v) is 3.17. The van der Waals surface area contributed by atoms with E-state index in [0.29, 0.717) is 6.42 Å². The minimum absolute atomic E-state index is 0.175. The van der Waals surface area contributed by atoms with E-state index in [1.54, 1.807) is 19.9 Å². The molecule has 0 fully saturated rings. The molecule has 0 saturated carbocycles. The summed E-state index contributed by atoms with van der Waals surface area (Å²) >= 11 is 0. The third kappa shape index (κ3) is 4.45. The highest BCUT2D eigenvalue weighted by molar-refractivity contribution is 5.97. The maximum absolute atomic E-state index is 11.3. The first kappa shape index (κ1) is 11.9. The number of hydrogen-bond acceptors (Lipinski definition) is 3. The van der Waals surface area contributed by atoms with Gasteiger partial charge in [0.25, 0.3) is 0 Å². The van der Waals surface area contributed by atoms with Gasteiger partial charge in [0, 0.05) is 0 Å². The summed E-state index contributed by atoms with van der Waals surface area (Å²) in [5.41, 5.74) is 0. The molecule has 1 atom stereocenters. The molecule has 0 heterocycles. The van der Waals surface area contributed by atoms with Crippen molar-refractivity contribution in [2.45, 2.75) is 33.3 Å². The summed E-state index contributed by atoms with van der Waals surface area (Å²) in [6.07, 6.45) is 1.72. The third-order valence-electron chi connectivity index (χ3n) is 1.53. The lowest BCUT2D eigenvalue weighted by atomic mass is 10.0. The molecule has 0 N–H and O–H groups in total. The first-order valence-electron chi connectivity index (χ1n) is 4.30. The smallest absolute Gasteiger partial charge is 0.317 e. The van der Waals surface area contributed by atoms with Crippen LogP contribution in [0.1, 0.15) is 27.2 Å². The Balaban J connectivity index is 4.28. The van der Waals surface area contributed by atoms with Crippen LogP contribution < -0.4 is 0 Å². The van der Waals surface area contributed by atoms with E-state index < -0.39 is 11.9 Å². The first-order valence-corrected chi connectivity index (χ1v) is 4.30. The van der Waals surface area contributed by atoms with Crippen molar-refractivity contribution in [1.29, 1.82) is 0 Å². The van der Waals surface area contributed by atoms with Crippen LogP contribution in [0.2, 0.25) is 0 Å². The SMILES string of the molecule is C=CCC(C(C)=O)C(=O)OC(C)C. The molecule has 0 aromatic carbocycles. The van der Waals surface area contributed by atoms with Crippen LogP contribution in [0.3, 0.4) is 0 Å². The number of Topliss-reactive ketones (excluding diaryl/α,β-unsaturated/α-hetero) is 1. The van der Waals surface area contributed by atoms with Gasteiger partial charge in [-0.1, -0.05) is 6.08 Å². The van der Waals surface area contributed by atoms with Gasteiger partial charge in [-0.15, -0.1) is 6.58 Å². The van der Waals surface area contributed by atoms with Crippen molar-refractivity contribution in [3.05, 3.63) is 12.7 Å². The number of carbonyl (C=O) groups is 2. The fourth-order valence-corrected chi connectivity index (χ4v) is 0.909. The molecule has 0 saturated heterocycles. The zero-order valence-corrected chi connectivity index (χ0v) is 8.37. The molecule has 0 spiro atoms. The maximum Gasteiger partial charge on any atom is 0.317 e. The summed E-state index contributed by atoms with van der Waals surface area (Å²) in [6.45, 7) is 8.38. The summed E-state index contributed by atoms with van der Waals surface area (Å²) in [7, 11) is 0. The van der Waals surface area contributed by atoms with Gasteiger partial charge in [-0.2, -0.15) is 0 Å². The topological polar surface area (TPSA) is 43.4 Å². The Labute approximate surface area is 78.8 Å². The van der Waals surface area contributed by atoms with Gasteiger partial charge in [0.15, 0.2) is 0 Å². The number of allylic oxidation sites excluding steroid dienone is 1. The van der Waals surface area contributed by atoms with Crippen LogP contribution in [0.4, 0.5) is 0 Å². The summed E-state index contributed by atoms with van der Waals surface area (Å²) in [5.74, 6) is -1.31. The number of esters is 1. The van der Waals surface area contributed by atoms with Crippen LogP contribution in [-0.4, -0.2) is 17.9 Å². The Hall–Kier alpha value is -1.12. The average Bonchev–Trinajstić information content (AvgIpc) is 1.97. The number of ether oxygens (including phenoxy) is 1. The van der Waals surface area contributed by atoms with E-state index in [0.717, 1.165) is 0 Å². The molecule has 3 nitrogen and oxygen atoms in total. The zero-order chi connectivity index (χ0) is 10.4. The minimum Gasteiger partial charge on any atom is -0.462 e. The number of carbonyl (C=O) groups excluding carboxylic acids is 2. The molecule has 0 aliphatic heterocycles. The van der Waals surface area contributed by atoms with E-state index in [4.69, 9.17) is 4.74 Å². The molecule has 0 bridgehead atoms. The van der Waals surface area contributed by atoms with Gasteiger partial charge in [-0.05, 0) is 27.2 Å². The minimum atomic E-state index is -0.681. The molecule has 1 unspecified atom stereocenters. The van der Waals surface area contributed by atoms with Crippen molar-refractivity contribution in [3.63, 3.8) is 0 Å². The predicted molar refractivity (Wildman–Crippen MR) is 50.2 cm³/mol. The van der Waals surface area contributed by atoms with E-state index in [9.17, 15) is 9.59 Å². The standard InChI is InChI=1S/C10H16O3/c1-5-6-9(8(4)11)10(12)13-7(2)3/h5,7,9H,1,6H2,2-4H3. The monoisotopic (exact) mass is 184 g/mol. The molecular weight excluding hydrogens is 168 g/mol. The van der Waals surface area contributed by atoms with Gasteiger partial charge in [0.1, 0.15) is 11.7 Å². The Bertz CT molecular complexity index is 206. The second-order valence-electron chi connectivity index (χ2n) is 3.17. The maximum atomic E-state index is 11.3. The van der Waals surface area contributed by atoms with Gasteiger partial charge in [0.05, 0.1) is 6.10 Å². The number of rotatable bonds is 5. The lowest BCUT2D eigenvalue weighted by Crippen LogP contribution is -2.26. The fourth-order valence-electron chi connectivity index (χ4n) is 0.909. The summed E-state index contributed by atoms with van der Waals surface area (Å²) < 4.78 is 4.92. The number of ketones is 1. The van der Waals surface area contributed by atoms with Gasteiger partial charge in [-0.3, -0.25) is 9.59 Å². The molecule has 0 aromatic heterocycles. The van der Waals surface area contributed by atoms with E-state index in [1.807, 2.05) is 0 Å². The van der Waals surface area contributed by atoms with Gasteiger partial charge in [0.2, 0.25) is 0 Å². The first-order chi connectivity index (χ1) is 5.99. The van der Waals surface area contributed by atoms with Crippen LogP contribution in [-0.2, 0) is 14.3 Å². The van der Waals surface area contributed by atoms with Gasteiger partial charge >= 0.3 is 5.97 Å². The van der Waals surface area contributed by atoms with Crippen LogP contribution in [0.5, 0.6) is 0 Å². The van der Waals surface area contributed by atoms with Crippen molar-refractivity contribution in [3.8, 4) is 0 Å². The van der Waals surface area contributed by atoms with E-state index in [1.165, 1.54) is 6.92 Å². The molecular formula is C10H16O3. The Morgan fingerprint density at radius 2 is 2.00 bits per heavy atom. The largest absolute Gasteiger partial charge is 0.462 e. The van der Waals surface area contributed by atoms with E-state index in [2.05, 4.69) is 6.58 Å². The lowest BCUT2D eigenvalue weighted by molar-refractivity contribution is -0.154. The van der Waals surface area contributed by atoms with Crippen molar-refractivity contribution >= 4 is 11.8 Å². The molecule has 13 heavy (non-hydrogen) atoms. The molecule has 74 valence electrons. The Morgan fingerprint density at radius 1 is 1.46 bits per heavy atom. The average molecular weight is 184 g/mol. The summed E-state index contributed by atoms with van der Waals surface area (Å²) in [4.78, 5) is 22.3. The van der Waals surface area contributed by atoms with Crippen LogP contribution in [0, 0.1) is 5.92 Å². The summed E-state index contributed by atoms with van der Waals surface area (Å²) in [6, 6.07) is 0. The van der Waals surface area contributed by atoms with Crippen LogP contribution >= 0.6 is 0 Å². The summed E-state index contributed by atoms with van der Waals surface area (Å²) in [5, 5.41) is 0. The molecule has 0 aliphatic rings. The molecule has 0 aliphatic carbocycles. The fraction of sp³-hybridized carbons (Fsp3) is 0.600. The van der Waals surface area contributed by atoms with E-state index in [-0.39, 0.29) is 11.9 Å². The van der Waals surface area contributed by atoms with Crippen molar-refractivity contribution in [2.24, 2.45) is 5.92 Å². The molecule has 0 rings (SSSR count). The highest BCUT2D eigenvalue weighted by atomic mass is 16.5. The van der Waals surface area contributed by atoms with Crippen molar-refractivity contribution < 1.29 is 14.3 Å². The Morgan fingerprint density at radius 3 is 2.31 bits per heavy atom. The molecule has 0 amide bonds.